The molecule has 1 N–H and O–H groups in total. The van der Waals surface area contributed by atoms with E-state index in [0.29, 0.717) is 69.9 Å². The number of benzene rings is 2. The van der Waals surface area contributed by atoms with Crippen molar-refractivity contribution in [1.82, 2.24) is 9.80 Å². The van der Waals surface area contributed by atoms with Crippen LogP contribution in [0.5, 0.6) is 0 Å². The zero-order chi connectivity index (χ0) is 35.4. The molecule has 49 heavy (non-hydrogen) atoms. The lowest BCUT2D eigenvalue weighted by Crippen LogP contribution is -2.29. The van der Waals surface area contributed by atoms with Crippen LogP contribution in [0.25, 0.3) is 0 Å². The summed E-state index contributed by atoms with van der Waals surface area (Å²) >= 11 is 0. The molecular formula is C38H48N2O9. The van der Waals surface area contributed by atoms with Gasteiger partial charge in [0.2, 0.25) is 5.91 Å². The summed E-state index contributed by atoms with van der Waals surface area (Å²) in [6.07, 6.45) is 4.44. The molecule has 11 nitrogen and oxygen atoms in total. The Balaban J connectivity index is 0.000000178. The molecule has 0 unspecified atom stereocenters. The number of ether oxygens (including phenoxy) is 3. The molecule has 6 rings (SSSR count). The topological polar surface area (TPSA) is 140 Å². The van der Waals surface area contributed by atoms with Crippen LogP contribution in [0.3, 0.4) is 0 Å². The number of hydrogen-bond acceptors (Lipinski definition) is 9. The van der Waals surface area contributed by atoms with E-state index >= 15 is 0 Å². The van der Waals surface area contributed by atoms with Crippen LogP contribution in [0.4, 0.5) is 0 Å². The Labute approximate surface area is 288 Å². The smallest absolute Gasteiger partial charge is 0.323 e. The fourth-order valence-corrected chi connectivity index (χ4v) is 5.87. The van der Waals surface area contributed by atoms with E-state index < -0.39 is 28.7 Å². The molecule has 0 spiro atoms. The standard InChI is InChI=1S/C18H21NO4.C11H13NO.C9H14O4/c1-2-23-17(22)18(9-10-18)15(20)14-8-11-19(16(14)21)12-13-6-4-3-5-7-13;13-11-7-4-8-12(11)9-10-5-2-1-3-6-10;1-3-12-7(10)9(5-6-9)8(11)13-4-2/h3-7,20H,2,8-12H2,1H3;1-3,5-6H,4,7-9H2;3-6H2,1-2H3/b15-14-;;. The molecule has 11 heteroatoms. The molecule has 2 amide bonds. The van der Waals surface area contributed by atoms with Crippen LogP contribution < -0.4 is 0 Å². The van der Waals surface area contributed by atoms with Crippen LogP contribution in [-0.4, -0.2) is 77.5 Å². The number of rotatable bonds is 11. The molecule has 264 valence electrons. The van der Waals surface area contributed by atoms with Gasteiger partial charge in [-0.15, -0.1) is 0 Å². The van der Waals surface area contributed by atoms with Crippen molar-refractivity contribution in [2.24, 2.45) is 10.8 Å². The van der Waals surface area contributed by atoms with Gasteiger partial charge in [0.1, 0.15) is 11.2 Å². The fraction of sp³-hybridized carbons (Fsp3) is 0.500. The zero-order valence-electron chi connectivity index (χ0n) is 28.8. The summed E-state index contributed by atoms with van der Waals surface area (Å²) in [4.78, 5) is 62.2. The summed E-state index contributed by atoms with van der Waals surface area (Å²) < 4.78 is 14.6. The number of nitrogens with zero attached hydrogens (tertiary/aromatic N) is 2. The zero-order valence-corrected chi connectivity index (χ0v) is 28.8. The number of hydrogen-bond donors (Lipinski definition) is 1. The Morgan fingerprint density at radius 2 is 1.10 bits per heavy atom. The predicted octanol–water partition coefficient (Wildman–Crippen LogP) is 5.28. The summed E-state index contributed by atoms with van der Waals surface area (Å²) in [6, 6.07) is 19.9. The number of esters is 3. The third-order valence-electron chi connectivity index (χ3n) is 9.02. The fourth-order valence-electron chi connectivity index (χ4n) is 5.87. The average Bonchev–Trinajstić information content (AvgIpc) is 4.02. The first kappa shape index (κ1) is 37.2. The minimum absolute atomic E-state index is 0.0727. The molecular weight excluding hydrogens is 628 g/mol. The Bertz CT molecular complexity index is 1480. The maximum Gasteiger partial charge on any atom is 0.323 e. The Hall–Kier alpha value is -4.67. The molecule has 2 saturated heterocycles. The Morgan fingerprint density at radius 3 is 1.51 bits per heavy atom. The molecule has 0 bridgehead atoms. The molecule has 4 fully saturated rings. The van der Waals surface area contributed by atoms with Crippen LogP contribution in [-0.2, 0) is 51.3 Å². The summed E-state index contributed by atoms with van der Waals surface area (Å²) in [5, 5.41) is 10.5. The molecule has 2 aliphatic carbocycles. The van der Waals surface area contributed by atoms with E-state index in [1.807, 2.05) is 53.4 Å². The monoisotopic (exact) mass is 676 g/mol. The third-order valence-corrected chi connectivity index (χ3v) is 9.02. The van der Waals surface area contributed by atoms with Gasteiger partial charge in [-0.1, -0.05) is 60.7 Å². The second kappa shape index (κ2) is 17.1. The minimum Gasteiger partial charge on any atom is -0.511 e. The van der Waals surface area contributed by atoms with Crippen molar-refractivity contribution in [3.63, 3.8) is 0 Å². The normalized spacial score (nSPS) is 19.1. The van der Waals surface area contributed by atoms with Crippen LogP contribution in [0, 0.1) is 10.8 Å². The summed E-state index contributed by atoms with van der Waals surface area (Å²) in [5.41, 5.74) is 0.716. The van der Waals surface area contributed by atoms with Gasteiger partial charge in [-0.25, -0.2) is 0 Å². The van der Waals surface area contributed by atoms with Crippen LogP contribution in [0.15, 0.2) is 72.0 Å². The van der Waals surface area contributed by atoms with Crippen molar-refractivity contribution in [2.75, 3.05) is 32.9 Å². The van der Waals surface area contributed by atoms with E-state index in [0.717, 1.165) is 31.5 Å². The van der Waals surface area contributed by atoms with E-state index in [2.05, 4.69) is 12.1 Å². The summed E-state index contributed by atoms with van der Waals surface area (Å²) in [5.74, 6) is -1.25. The Kier molecular flexibility index (Phi) is 13.0. The number of aliphatic hydroxyl groups excluding tert-OH is 1. The number of amides is 2. The second-order valence-electron chi connectivity index (χ2n) is 12.5. The summed E-state index contributed by atoms with van der Waals surface area (Å²) in [7, 11) is 0. The van der Waals surface area contributed by atoms with Gasteiger partial charge in [0.25, 0.3) is 5.91 Å². The first-order chi connectivity index (χ1) is 23.6. The van der Waals surface area contributed by atoms with Crippen molar-refractivity contribution in [3.8, 4) is 0 Å². The van der Waals surface area contributed by atoms with Gasteiger partial charge in [0, 0.05) is 32.6 Å². The largest absolute Gasteiger partial charge is 0.511 e. The number of carbonyl (C=O) groups excluding carboxylic acids is 5. The lowest BCUT2D eigenvalue weighted by atomic mass is 9.99. The van der Waals surface area contributed by atoms with E-state index in [1.54, 1.807) is 25.7 Å². The molecule has 2 heterocycles. The van der Waals surface area contributed by atoms with Crippen LogP contribution in [0.1, 0.15) is 76.8 Å². The highest BCUT2D eigenvalue weighted by Gasteiger charge is 2.59. The van der Waals surface area contributed by atoms with Crippen molar-refractivity contribution in [1.29, 1.82) is 0 Å². The number of aliphatic hydroxyl groups is 1. The van der Waals surface area contributed by atoms with E-state index in [4.69, 9.17) is 14.2 Å². The van der Waals surface area contributed by atoms with Gasteiger partial charge in [-0.2, -0.15) is 0 Å². The maximum atomic E-state index is 12.6. The molecule has 2 aromatic carbocycles. The molecule has 2 saturated carbocycles. The molecule has 0 radical (unpaired) electrons. The van der Waals surface area contributed by atoms with E-state index in [-0.39, 0.29) is 18.3 Å². The van der Waals surface area contributed by atoms with Gasteiger partial charge in [-0.05, 0) is 70.4 Å². The van der Waals surface area contributed by atoms with Gasteiger partial charge in [0.05, 0.1) is 25.4 Å². The quantitative estimate of drug-likeness (QED) is 0.111. The van der Waals surface area contributed by atoms with Gasteiger partial charge >= 0.3 is 17.9 Å². The SMILES string of the molecule is CCOC(=O)C1(/C(O)=C2\CCN(Cc3ccccc3)C2=O)CC1.CCOC(=O)C1(C(=O)OCC)CC1.O=C1CCCN1Cc1ccccc1. The van der Waals surface area contributed by atoms with Crippen LogP contribution >= 0.6 is 0 Å². The maximum absolute atomic E-state index is 12.6. The van der Waals surface area contributed by atoms with Crippen molar-refractivity contribution < 1.29 is 43.3 Å². The highest BCUT2D eigenvalue weighted by Crippen LogP contribution is 2.53. The molecule has 2 aliphatic heterocycles. The lowest BCUT2D eigenvalue weighted by molar-refractivity contribution is -0.164. The van der Waals surface area contributed by atoms with Crippen LogP contribution in [0.2, 0.25) is 0 Å². The number of likely N-dealkylation sites (tertiary alicyclic amines) is 2. The number of carbonyl (C=O) groups is 5. The van der Waals surface area contributed by atoms with Crippen molar-refractivity contribution in [3.05, 3.63) is 83.1 Å². The van der Waals surface area contributed by atoms with Crippen molar-refractivity contribution in [2.45, 2.75) is 78.8 Å². The first-order valence-corrected chi connectivity index (χ1v) is 17.2. The minimum atomic E-state index is -0.968. The molecule has 2 aromatic rings. The molecule has 0 atom stereocenters. The van der Waals surface area contributed by atoms with Gasteiger partial charge in [0.15, 0.2) is 5.41 Å². The van der Waals surface area contributed by atoms with Gasteiger partial charge < -0.3 is 29.1 Å². The highest BCUT2D eigenvalue weighted by molar-refractivity contribution is 6.03. The van der Waals surface area contributed by atoms with E-state index in [1.165, 1.54) is 5.56 Å². The van der Waals surface area contributed by atoms with Gasteiger partial charge in [-0.3, -0.25) is 24.0 Å². The summed E-state index contributed by atoms with van der Waals surface area (Å²) in [6.45, 7) is 8.85. The second-order valence-corrected chi connectivity index (χ2v) is 12.5. The highest BCUT2D eigenvalue weighted by atomic mass is 16.6. The van der Waals surface area contributed by atoms with E-state index in [9.17, 15) is 29.1 Å². The first-order valence-electron chi connectivity index (χ1n) is 17.2. The predicted molar refractivity (Wildman–Crippen MR) is 180 cm³/mol. The lowest BCUT2D eigenvalue weighted by Gasteiger charge is -2.17. The molecule has 4 aliphatic rings. The molecule has 0 aromatic heterocycles. The Morgan fingerprint density at radius 1 is 0.653 bits per heavy atom. The van der Waals surface area contributed by atoms with Crippen molar-refractivity contribution >= 4 is 29.7 Å². The third kappa shape index (κ3) is 9.28. The average molecular weight is 677 g/mol.